The topological polar surface area (TPSA) is 34.1 Å². The van der Waals surface area contributed by atoms with E-state index in [2.05, 4.69) is 0 Å². The first kappa shape index (κ1) is 10.2. The Bertz CT molecular complexity index is 367. The van der Waals surface area contributed by atoms with E-state index < -0.39 is 10.2 Å². The summed E-state index contributed by atoms with van der Waals surface area (Å²) in [6.07, 6.45) is 1.87. The number of benzene rings is 1. The van der Waals surface area contributed by atoms with Gasteiger partial charge in [-0.1, -0.05) is 25.5 Å². The average Bonchev–Trinajstić information content (AvgIpc) is 2.04. The fourth-order valence-electron chi connectivity index (χ4n) is 1.11. The summed E-state index contributed by atoms with van der Waals surface area (Å²) < 4.78 is 33.3. The molecule has 0 heterocycles. The molecule has 72 valence electrons. The van der Waals surface area contributed by atoms with Gasteiger partial charge in [-0.2, -0.15) is 8.42 Å². The van der Waals surface area contributed by atoms with E-state index in [9.17, 15) is 12.3 Å². The van der Waals surface area contributed by atoms with Crippen LogP contribution in [0.1, 0.15) is 18.9 Å². The molecule has 0 saturated carbocycles. The molecule has 0 amide bonds. The lowest BCUT2D eigenvalue weighted by Crippen LogP contribution is -1.92. The van der Waals surface area contributed by atoms with Gasteiger partial charge in [0.15, 0.2) is 0 Å². The number of rotatable bonds is 3. The Morgan fingerprint density at radius 2 is 1.77 bits per heavy atom. The number of hydrogen-bond acceptors (Lipinski definition) is 2. The van der Waals surface area contributed by atoms with E-state index in [1.54, 1.807) is 12.1 Å². The highest BCUT2D eigenvalue weighted by atomic mass is 32.3. The summed E-state index contributed by atoms with van der Waals surface area (Å²) in [5, 5.41) is 0. The molecule has 0 spiro atoms. The normalized spacial score (nSPS) is 11.5. The second-order valence-corrected chi connectivity index (χ2v) is 4.18. The lowest BCUT2D eigenvalue weighted by molar-refractivity contribution is 0.552. The Kier molecular flexibility index (Phi) is 3.03. The highest BCUT2D eigenvalue weighted by Crippen LogP contribution is 2.13. The first-order valence-electron chi connectivity index (χ1n) is 4.07. The molecule has 2 nitrogen and oxygen atoms in total. The van der Waals surface area contributed by atoms with Gasteiger partial charge in [0, 0.05) is 0 Å². The lowest BCUT2D eigenvalue weighted by atomic mass is 10.1. The van der Waals surface area contributed by atoms with Crippen molar-refractivity contribution in [1.82, 2.24) is 0 Å². The minimum Gasteiger partial charge on any atom is -0.189 e. The molecule has 0 bridgehead atoms. The molecule has 0 unspecified atom stereocenters. The van der Waals surface area contributed by atoms with Crippen LogP contribution in [-0.2, 0) is 16.6 Å². The van der Waals surface area contributed by atoms with Crippen LogP contribution in [0, 0.1) is 0 Å². The molecule has 0 saturated heterocycles. The van der Waals surface area contributed by atoms with Crippen LogP contribution in [-0.4, -0.2) is 8.42 Å². The molecule has 0 N–H and O–H groups in total. The summed E-state index contributed by atoms with van der Waals surface area (Å²) in [5.41, 5.74) is 1.02. The van der Waals surface area contributed by atoms with Crippen LogP contribution in [0.15, 0.2) is 29.2 Å². The largest absolute Gasteiger partial charge is 0.332 e. The number of aryl methyl sites for hydroxylation is 1. The number of halogens is 1. The molecule has 1 rings (SSSR count). The van der Waals surface area contributed by atoms with Crippen molar-refractivity contribution in [2.45, 2.75) is 24.7 Å². The van der Waals surface area contributed by atoms with Crippen LogP contribution < -0.4 is 0 Å². The molecule has 1 aromatic carbocycles. The lowest BCUT2D eigenvalue weighted by Gasteiger charge is -1.98. The molecule has 0 aromatic heterocycles. The molecule has 0 atom stereocenters. The first-order chi connectivity index (χ1) is 6.04. The van der Waals surface area contributed by atoms with Crippen molar-refractivity contribution < 1.29 is 12.3 Å². The molecular weight excluding hydrogens is 191 g/mol. The van der Waals surface area contributed by atoms with Gasteiger partial charge in [0.05, 0.1) is 4.90 Å². The third kappa shape index (κ3) is 2.81. The molecular formula is C9H11FO2S. The van der Waals surface area contributed by atoms with Crippen molar-refractivity contribution in [3.05, 3.63) is 29.8 Å². The Morgan fingerprint density at radius 3 is 2.15 bits per heavy atom. The van der Waals surface area contributed by atoms with Crippen molar-refractivity contribution >= 4 is 10.2 Å². The van der Waals surface area contributed by atoms with E-state index in [0.717, 1.165) is 18.4 Å². The van der Waals surface area contributed by atoms with Crippen molar-refractivity contribution in [2.75, 3.05) is 0 Å². The van der Waals surface area contributed by atoms with Gasteiger partial charge in [-0.25, -0.2) is 0 Å². The van der Waals surface area contributed by atoms with E-state index in [-0.39, 0.29) is 4.90 Å². The van der Waals surface area contributed by atoms with Crippen molar-refractivity contribution in [3.63, 3.8) is 0 Å². The van der Waals surface area contributed by atoms with Crippen LogP contribution in [0.3, 0.4) is 0 Å². The molecule has 13 heavy (non-hydrogen) atoms. The van der Waals surface area contributed by atoms with Crippen LogP contribution in [0.25, 0.3) is 0 Å². The highest BCUT2D eigenvalue weighted by molar-refractivity contribution is 7.86. The standard InChI is InChI=1S/C9H11FO2S/c1-2-3-8-4-6-9(7-5-8)13(10,11)12/h4-7H,2-3H2,1H3. The van der Waals surface area contributed by atoms with Gasteiger partial charge in [-0.3, -0.25) is 0 Å². The molecule has 0 fully saturated rings. The maximum absolute atomic E-state index is 12.4. The van der Waals surface area contributed by atoms with Gasteiger partial charge < -0.3 is 0 Å². The average molecular weight is 202 g/mol. The van der Waals surface area contributed by atoms with E-state index in [1.807, 2.05) is 6.92 Å². The van der Waals surface area contributed by atoms with Crippen LogP contribution in [0.4, 0.5) is 3.89 Å². The van der Waals surface area contributed by atoms with Gasteiger partial charge in [0.25, 0.3) is 0 Å². The van der Waals surface area contributed by atoms with Crippen molar-refractivity contribution in [3.8, 4) is 0 Å². The summed E-state index contributed by atoms with van der Waals surface area (Å²) in [6.45, 7) is 2.03. The summed E-state index contributed by atoms with van der Waals surface area (Å²) in [4.78, 5) is -0.271. The zero-order valence-electron chi connectivity index (χ0n) is 7.33. The highest BCUT2D eigenvalue weighted by Gasteiger charge is 2.10. The summed E-state index contributed by atoms with van der Waals surface area (Å²) >= 11 is 0. The van der Waals surface area contributed by atoms with E-state index >= 15 is 0 Å². The monoisotopic (exact) mass is 202 g/mol. The SMILES string of the molecule is CCCc1ccc(S(=O)(=O)F)cc1. The Labute approximate surface area is 77.6 Å². The van der Waals surface area contributed by atoms with Gasteiger partial charge in [0.2, 0.25) is 0 Å². The quantitative estimate of drug-likeness (QED) is 0.705. The second kappa shape index (κ2) is 3.87. The summed E-state index contributed by atoms with van der Waals surface area (Å²) in [6, 6.07) is 5.85. The maximum atomic E-state index is 12.4. The Hall–Kier alpha value is -0.900. The molecule has 4 heteroatoms. The predicted octanol–water partition coefficient (Wildman–Crippen LogP) is 2.30. The van der Waals surface area contributed by atoms with Gasteiger partial charge in [0.1, 0.15) is 0 Å². The minimum absolute atomic E-state index is 0.271. The van der Waals surface area contributed by atoms with E-state index in [1.165, 1.54) is 12.1 Å². The smallest absolute Gasteiger partial charge is 0.189 e. The zero-order chi connectivity index (χ0) is 9.90. The molecule has 0 aliphatic heterocycles. The van der Waals surface area contributed by atoms with Crippen LogP contribution in [0.5, 0.6) is 0 Å². The third-order valence-corrected chi connectivity index (χ3v) is 2.58. The molecule has 0 aliphatic carbocycles. The Balaban J connectivity index is 2.94. The van der Waals surface area contributed by atoms with Crippen molar-refractivity contribution in [2.24, 2.45) is 0 Å². The van der Waals surface area contributed by atoms with Crippen LogP contribution in [0.2, 0.25) is 0 Å². The molecule has 0 aliphatic rings. The van der Waals surface area contributed by atoms with Gasteiger partial charge in [-0.05, 0) is 24.1 Å². The minimum atomic E-state index is -4.53. The molecule has 0 radical (unpaired) electrons. The Morgan fingerprint density at radius 1 is 1.23 bits per heavy atom. The summed E-state index contributed by atoms with van der Waals surface area (Å²) in [5.74, 6) is 0. The predicted molar refractivity (Wildman–Crippen MR) is 48.7 cm³/mol. The van der Waals surface area contributed by atoms with Crippen LogP contribution >= 0.6 is 0 Å². The first-order valence-corrected chi connectivity index (χ1v) is 5.46. The summed E-state index contributed by atoms with van der Waals surface area (Å²) in [7, 11) is -4.53. The zero-order valence-corrected chi connectivity index (χ0v) is 8.14. The number of hydrogen-bond donors (Lipinski definition) is 0. The molecule has 1 aromatic rings. The van der Waals surface area contributed by atoms with Gasteiger partial charge >= 0.3 is 10.2 Å². The van der Waals surface area contributed by atoms with E-state index in [4.69, 9.17) is 0 Å². The second-order valence-electron chi connectivity index (χ2n) is 2.83. The third-order valence-electron chi connectivity index (χ3n) is 1.74. The van der Waals surface area contributed by atoms with E-state index in [0.29, 0.717) is 0 Å². The van der Waals surface area contributed by atoms with Crippen molar-refractivity contribution in [1.29, 1.82) is 0 Å². The fourth-order valence-corrected chi connectivity index (χ4v) is 1.57. The van der Waals surface area contributed by atoms with Gasteiger partial charge in [-0.15, -0.1) is 3.89 Å². The maximum Gasteiger partial charge on any atom is 0.332 e. The fraction of sp³-hybridized carbons (Fsp3) is 0.333.